The van der Waals surface area contributed by atoms with Gasteiger partial charge in [-0.2, -0.15) is 9.78 Å². The second-order valence-electron chi connectivity index (χ2n) is 8.78. The van der Waals surface area contributed by atoms with Gasteiger partial charge >= 0.3 is 5.69 Å². The lowest BCUT2D eigenvalue weighted by Gasteiger charge is -2.09. The number of nitro groups is 2. The van der Waals surface area contributed by atoms with Gasteiger partial charge in [-0.05, 0) is 46.3 Å². The maximum Gasteiger partial charge on any atom is 0.313 e. The first-order valence-corrected chi connectivity index (χ1v) is 12.9. The summed E-state index contributed by atoms with van der Waals surface area (Å²) >= 11 is 3.28. The normalized spacial score (nSPS) is 11.4. The monoisotopic (exact) mass is 626 g/mol. The van der Waals surface area contributed by atoms with Gasteiger partial charge in [-0.3, -0.25) is 25.0 Å². The number of benzene rings is 3. The van der Waals surface area contributed by atoms with E-state index >= 15 is 0 Å². The molecule has 206 valence electrons. The van der Waals surface area contributed by atoms with Crippen LogP contribution in [0.1, 0.15) is 5.56 Å². The lowest BCUT2D eigenvalue weighted by atomic mass is 10.2. The Bertz CT molecular complexity index is 2090. The number of hydrogen-bond donors (Lipinski definition) is 0. The Morgan fingerprint density at radius 1 is 0.976 bits per heavy atom. The van der Waals surface area contributed by atoms with Crippen molar-refractivity contribution in [2.75, 3.05) is 0 Å². The second kappa shape index (κ2) is 10.7. The summed E-state index contributed by atoms with van der Waals surface area (Å²) in [6.45, 7) is 0. The lowest BCUT2D eigenvalue weighted by Crippen LogP contribution is -2.20. The number of ether oxygens (including phenoxy) is 1. The number of para-hydroxylation sites is 2. The summed E-state index contributed by atoms with van der Waals surface area (Å²) in [6, 6.07) is 21.0. The largest absolute Gasteiger partial charge is 0.453 e. The number of halogens is 1. The van der Waals surface area contributed by atoms with E-state index in [0.717, 1.165) is 22.3 Å². The van der Waals surface area contributed by atoms with Crippen molar-refractivity contribution in [3.05, 3.63) is 126 Å². The number of nitro benzene ring substituents is 1. The highest BCUT2D eigenvalue weighted by atomic mass is 79.9. The van der Waals surface area contributed by atoms with Gasteiger partial charge < -0.3 is 9.15 Å². The third kappa shape index (κ3) is 4.97. The molecule has 42 heavy (non-hydrogen) atoms. The summed E-state index contributed by atoms with van der Waals surface area (Å²) in [5.74, 6) is 0.188. The third-order valence-corrected chi connectivity index (χ3v) is 6.69. The lowest BCUT2D eigenvalue weighted by molar-refractivity contribution is -0.385. The van der Waals surface area contributed by atoms with E-state index in [0.29, 0.717) is 22.2 Å². The van der Waals surface area contributed by atoms with Crippen LogP contribution in [0, 0.1) is 20.2 Å². The molecule has 0 radical (unpaired) electrons. The van der Waals surface area contributed by atoms with Crippen molar-refractivity contribution in [2.45, 2.75) is 0 Å². The number of pyridine rings is 1. The molecule has 13 nitrogen and oxygen atoms in total. The van der Waals surface area contributed by atoms with Gasteiger partial charge in [0.1, 0.15) is 11.8 Å². The van der Waals surface area contributed by atoms with Crippen LogP contribution in [0.3, 0.4) is 0 Å². The topological polar surface area (TPSA) is 169 Å². The molecule has 0 aliphatic heterocycles. The van der Waals surface area contributed by atoms with Crippen molar-refractivity contribution in [2.24, 2.45) is 5.10 Å². The molecule has 0 aliphatic carbocycles. The quantitative estimate of drug-likeness (QED) is 0.110. The van der Waals surface area contributed by atoms with E-state index in [1.165, 1.54) is 24.4 Å². The summed E-state index contributed by atoms with van der Waals surface area (Å²) in [6.07, 6.45) is 2.25. The zero-order valence-corrected chi connectivity index (χ0v) is 22.7. The summed E-state index contributed by atoms with van der Waals surface area (Å²) in [5.41, 5.74) is 0.140. The van der Waals surface area contributed by atoms with Crippen molar-refractivity contribution in [3.8, 4) is 23.2 Å². The van der Waals surface area contributed by atoms with E-state index < -0.39 is 21.1 Å². The average molecular weight is 627 g/mol. The summed E-state index contributed by atoms with van der Waals surface area (Å²) in [7, 11) is 0. The smallest absolute Gasteiger partial charge is 0.313 e. The van der Waals surface area contributed by atoms with Crippen LogP contribution in [-0.2, 0) is 0 Å². The highest BCUT2D eigenvalue weighted by molar-refractivity contribution is 9.10. The minimum atomic E-state index is -0.660. The Labute approximate surface area is 242 Å². The molecular weight excluding hydrogens is 612 g/mol. The first-order valence-electron chi connectivity index (χ1n) is 12.1. The number of aromatic nitrogens is 3. The Morgan fingerprint density at radius 3 is 2.50 bits per heavy atom. The van der Waals surface area contributed by atoms with Gasteiger partial charge in [0.05, 0.1) is 31.4 Å². The van der Waals surface area contributed by atoms with E-state index in [1.807, 2.05) is 18.2 Å². The van der Waals surface area contributed by atoms with Crippen LogP contribution >= 0.6 is 15.9 Å². The van der Waals surface area contributed by atoms with Crippen molar-refractivity contribution >= 4 is 55.4 Å². The standard InChI is InChI=1S/C28H15BrN6O7/c29-20-11-16(12-22(35(39)40)26(20)42-25-10-9-18(15-30-25)34(37)38)14-31-33-27(24-13-17-5-1-4-8-23(17)41-24)32-21-7-3-2-6-19(21)28(33)36/h1-15H. The molecule has 3 aromatic heterocycles. The van der Waals surface area contributed by atoms with E-state index in [2.05, 4.69) is 31.0 Å². The molecule has 0 saturated heterocycles. The van der Waals surface area contributed by atoms with Gasteiger partial charge in [-0.25, -0.2) is 9.97 Å². The molecule has 6 rings (SSSR count). The zero-order valence-electron chi connectivity index (χ0n) is 21.1. The molecular formula is C28H15BrN6O7. The van der Waals surface area contributed by atoms with Gasteiger partial charge in [0, 0.05) is 29.1 Å². The van der Waals surface area contributed by atoms with E-state index in [4.69, 9.17) is 9.15 Å². The van der Waals surface area contributed by atoms with Crippen LogP contribution in [0.4, 0.5) is 11.4 Å². The molecule has 0 bridgehead atoms. The summed E-state index contributed by atoms with van der Waals surface area (Å²) in [4.78, 5) is 43.5. The molecule has 0 spiro atoms. The van der Waals surface area contributed by atoms with Crippen molar-refractivity contribution in [1.82, 2.24) is 14.6 Å². The van der Waals surface area contributed by atoms with Crippen LogP contribution in [0.5, 0.6) is 11.6 Å². The highest BCUT2D eigenvalue weighted by Gasteiger charge is 2.22. The van der Waals surface area contributed by atoms with E-state index in [9.17, 15) is 25.0 Å². The van der Waals surface area contributed by atoms with E-state index in [1.54, 1.807) is 36.4 Å². The van der Waals surface area contributed by atoms with Crippen LogP contribution in [0.15, 0.2) is 104 Å². The van der Waals surface area contributed by atoms with Crippen LogP contribution in [0.2, 0.25) is 0 Å². The van der Waals surface area contributed by atoms with Gasteiger partial charge in [-0.15, -0.1) is 0 Å². The second-order valence-corrected chi connectivity index (χ2v) is 9.64. The SMILES string of the molecule is O=c1c2ccccc2nc(-c2cc3ccccc3o2)n1N=Cc1cc(Br)c(Oc2ccc([N+](=O)[O-])cn2)c([N+](=O)[O-])c1. The predicted octanol–water partition coefficient (Wildman–Crippen LogP) is 6.46. The molecule has 0 saturated carbocycles. The average Bonchev–Trinajstić information content (AvgIpc) is 3.42. The Hall–Kier alpha value is -5.76. The van der Waals surface area contributed by atoms with Crippen molar-refractivity contribution in [1.29, 1.82) is 0 Å². The molecule has 0 amide bonds. The number of rotatable bonds is 7. The maximum absolute atomic E-state index is 13.5. The van der Waals surface area contributed by atoms with Gasteiger partial charge in [-0.1, -0.05) is 30.3 Å². The fourth-order valence-electron chi connectivity index (χ4n) is 4.16. The highest BCUT2D eigenvalue weighted by Crippen LogP contribution is 2.39. The summed E-state index contributed by atoms with van der Waals surface area (Å²) in [5, 5.41) is 28.3. The molecule has 0 unspecified atom stereocenters. The zero-order chi connectivity index (χ0) is 29.4. The first-order chi connectivity index (χ1) is 20.3. The van der Waals surface area contributed by atoms with Crippen LogP contribution in [0.25, 0.3) is 33.5 Å². The van der Waals surface area contributed by atoms with Crippen molar-refractivity contribution in [3.63, 3.8) is 0 Å². The number of furan rings is 1. The molecule has 0 aliphatic rings. The molecule has 0 N–H and O–H groups in total. The maximum atomic E-state index is 13.5. The Kier molecular flexibility index (Phi) is 6.72. The van der Waals surface area contributed by atoms with Gasteiger partial charge in [0.15, 0.2) is 5.76 Å². The fraction of sp³-hybridized carbons (Fsp3) is 0. The molecule has 3 heterocycles. The minimum Gasteiger partial charge on any atom is -0.453 e. The predicted molar refractivity (Wildman–Crippen MR) is 156 cm³/mol. The van der Waals surface area contributed by atoms with Gasteiger partial charge in [0.25, 0.3) is 11.2 Å². The van der Waals surface area contributed by atoms with Gasteiger partial charge in [0.2, 0.25) is 17.5 Å². The van der Waals surface area contributed by atoms with Crippen LogP contribution < -0.4 is 10.3 Å². The Morgan fingerprint density at radius 2 is 1.76 bits per heavy atom. The minimum absolute atomic E-state index is 0.0879. The molecule has 0 fully saturated rings. The molecule has 0 atom stereocenters. The number of nitrogens with zero attached hydrogens (tertiary/aromatic N) is 6. The van der Waals surface area contributed by atoms with Crippen LogP contribution in [-0.4, -0.2) is 30.7 Å². The van der Waals surface area contributed by atoms with Crippen molar-refractivity contribution < 1.29 is 19.0 Å². The number of fused-ring (bicyclic) bond motifs is 2. The number of hydrogen-bond acceptors (Lipinski definition) is 10. The summed E-state index contributed by atoms with van der Waals surface area (Å²) < 4.78 is 12.8. The van der Waals surface area contributed by atoms with E-state index in [-0.39, 0.29) is 33.2 Å². The Balaban J connectivity index is 1.43. The molecule has 14 heteroatoms. The molecule has 3 aromatic carbocycles. The third-order valence-electron chi connectivity index (χ3n) is 6.10. The first kappa shape index (κ1) is 26.5. The molecule has 6 aromatic rings. The fourth-order valence-corrected chi connectivity index (χ4v) is 4.71.